The van der Waals surface area contributed by atoms with E-state index < -0.39 is 30.3 Å². The van der Waals surface area contributed by atoms with E-state index in [2.05, 4.69) is 12.2 Å². The van der Waals surface area contributed by atoms with Crippen molar-refractivity contribution >= 4 is 17.8 Å². The maximum absolute atomic E-state index is 11.6. The fourth-order valence-corrected chi connectivity index (χ4v) is 2.24. The van der Waals surface area contributed by atoms with Gasteiger partial charge >= 0.3 is 11.9 Å². The van der Waals surface area contributed by atoms with Crippen LogP contribution >= 0.6 is 0 Å². The Bertz CT molecular complexity index is 343. The fraction of sp³-hybridized carbons (Fsp3) is 0.812. The van der Waals surface area contributed by atoms with Crippen molar-refractivity contribution in [2.75, 3.05) is 0 Å². The Morgan fingerprint density at radius 3 is 1.82 bits per heavy atom. The summed E-state index contributed by atoms with van der Waals surface area (Å²) in [7, 11) is 0. The first-order valence-corrected chi connectivity index (χ1v) is 8.21. The molecule has 0 radical (unpaired) electrons. The number of rotatable bonds is 14. The molecule has 0 saturated heterocycles. The molecular weight excluding hydrogens is 286 g/mol. The third-order valence-corrected chi connectivity index (χ3v) is 3.52. The van der Waals surface area contributed by atoms with E-state index in [0.717, 1.165) is 12.8 Å². The minimum atomic E-state index is -1.34. The maximum atomic E-state index is 11.6. The molecule has 0 aromatic carbocycles. The molecule has 0 spiro atoms. The summed E-state index contributed by atoms with van der Waals surface area (Å²) in [5.74, 6) is -2.95. The first kappa shape index (κ1) is 20.4. The zero-order valence-electron chi connectivity index (χ0n) is 13.5. The Morgan fingerprint density at radius 2 is 1.36 bits per heavy atom. The van der Waals surface area contributed by atoms with E-state index >= 15 is 0 Å². The van der Waals surface area contributed by atoms with Gasteiger partial charge in [-0.25, -0.2) is 4.79 Å². The molecule has 0 aromatic rings. The first-order chi connectivity index (χ1) is 10.5. The zero-order valence-corrected chi connectivity index (χ0v) is 13.5. The van der Waals surface area contributed by atoms with Crippen molar-refractivity contribution in [1.82, 2.24) is 5.32 Å². The van der Waals surface area contributed by atoms with Crippen molar-refractivity contribution in [2.45, 2.75) is 83.6 Å². The molecule has 0 aliphatic rings. The molecule has 0 saturated carbocycles. The number of hydrogen-bond acceptors (Lipinski definition) is 3. The molecule has 1 amide bonds. The van der Waals surface area contributed by atoms with Crippen LogP contribution in [0.3, 0.4) is 0 Å². The standard InChI is InChI=1S/C16H29NO5/c1-2-3-4-5-6-7-8-9-10-11-14(18)17-13(16(21)22)12-15(19)20/h13H,2-12H2,1H3,(H,17,18)(H,19,20)(H,21,22)/t13-/m0/s1. The summed E-state index contributed by atoms with van der Waals surface area (Å²) >= 11 is 0. The largest absolute Gasteiger partial charge is 0.481 e. The highest BCUT2D eigenvalue weighted by Gasteiger charge is 2.22. The molecule has 0 unspecified atom stereocenters. The van der Waals surface area contributed by atoms with Gasteiger partial charge in [0.15, 0.2) is 0 Å². The monoisotopic (exact) mass is 315 g/mol. The molecule has 0 aliphatic heterocycles. The second-order valence-corrected chi connectivity index (χ2v) is 5.63. The van der Waals surface area contributed by atoms with Crippen molar-refractivity contribution in [3.63, 3.8) is 0 Å². The molecule has 0 heterocycles. The zero-order chi connectivity index (χ0) is 16.8. The molecule has 6 nitrogen and oxygen atoms in total. The van der Waals surface area contributed by atoms with Crippen LogP contribution in [0, 0.1) is 0 Å². The summed E-state index contributed by atoms with van der Waals surface area (Å²) < 4.78 is 0. The van der Waals surface area contributed by atoms with Crippen LogP contribution in [0.5, 0.6) is 0 Å². The highest BCUT2D eigenvalue weighted by Crippen LogP contribution is 2.10. The van der Waals surface area contributed by atoms with E-state index in [1.54, 1.807) is 0 Å². The van der Waals surface area contributed by atoms with Crippen LogP contribution in [-0.4, -0.2) is 34.1 Å². The Balaban J connectivity index is 3.63. The van der Waals surface area contributed by atoms with E-state index in [0.29, 0.717) is 6.42 Å². The van der Waals surface area contributed by atoms with Crippen LogP contribution in [0.25, 0.3) is 0 Å². The molecule has 1 atom stereocenters. The number of carbonyl (C=O) groups is 3. The predicted octanol–water partition coefficient (Wildman–Crippen LogP) is 2.95. The van der Waals surface area contributed by atoms with Gasteiger partial charge in [-0.15, -0.1) is 0 Å². The summed E-state index contributed by atoms with van der Waals surface area (Å²) in [6.07, 6.45) is 9.87. The highest BCUT2D eigenvalue weighted by molar-refractivity contribution is 5.86. The van der Waals surface area contributed by atoms with Crippen molar-refractivity contribution < 1.29 is 24.6 Å². The molecule has 0 aliphatic carbocycles. The second-order valence-electron chi connectivity index (χ2n) is 5.63. The molecule has 0 aromatic heterocycles. The van der Waals surface area contributed by atoms with Gasteiger partial charge in [-0.1, -0.05) is 58.3 Å². The highest BCUT2D eigenvalue weighted by atomic mass is 16.4. The lowest BCUT2D eigenvalue weighted by Gasteiger charge is -2.12. The lowest BCUT2D eigenvalue weighted by molar-refractivity contribution is -0.147. The number of nitrogens with one attached hydrogen (secondary N) is 1. The molecular formula is C16H29NO5. The summed E-state index contributed by atoms with van der Waals surface area (Å²) in [5, 5.41) is 19.7. The molecule has 0 rings (SSSR count). The Morgan fingerprint density at radius 1 is 0.864 bits per heavy atom. The summed E-state index contributed by atoms with van der Waals surface area (Å²) in [6, 6.07) is -1.34. The molecule has 0 fully saturated rings. The van der Waals surface area contributed by atoms with Crippen LogP contribution in [0.1, 0.15) is 77.6 Å². The molecule has 128 valence electrons. The average molecular weight is 315 g/mol. The van der Waals surface area contributed by atoms with Crippen molar-refractivity contribution in [3.05, 3.63) is 0 Å². The van der Waals surface area contributed by atoms with E-state index in [1.807, 2.05) is 0 Å². The van der Waals surface area contributed by atoms with Crippen LogP contribution in [0.2, 0.25) is 0 Å². The van der Waals surface area contributed by atoms with Crippen molar-refractivity contribution in [2.24, 2.45) is 0 Å². The van der Waals surface area contributed by atoms with E-state index in [4.69, 9.17) is 10.2 Å². The van der Waals surface area contributed by atoms with Gasteiger partial charge in [0.05, 0.1) is 6.42 Å². The number of hydrogen-bond donors (Lipinski definition) is 3. The van der Waals surface area contributed by atoms with Crippen LogP contribution in [-0.2, 0) is 14.4 Å². The van der Waals surface area contributed by atoms with Crippen LogP contribution < -0.4 is 5.32 Å². The first-order valence-electron chi connectivity index (χ1n) is 8.21. The van der Waals surface area contributed by atoms with Gasteiger partial charge in [-0.2, -0.15) is 0 Å². The Kier molecular flexibility index (Phi) is 12.2. The van der Waals surface area contributed by atoms with E-state index in [-0.39, 0.29) is 6.42 Å². The van der Waals surface area contributed by atoms with Gasteiger partial charge < -0.3 is 15.5 Å². The van der Waals surface area contributed by atoms with Crippen molar-refractivity contribution in [3.8, 4) is 0 Å². The smallest absolute Gasteiger partial charge is 0.326 e. The van der Waals surface area contributed by atoms with E-state index in [9.17, 15) is 14.4 Å². The normalized spacial score (nSPS) is 11.9. The number of unbranched alkanes of at least 4 members (excludes halogenated alkanes) is 8. The molecule has 22 heavy (non-hydrogen) atoms. The lowest BCUT2D eigenvalue weighted by Crippen LogP contribution is -2.42. The quantitative estimate of drug-likeness (QED) is 0.428. The van der Waals surface area contributed by atoms with E-state index in [1.165, 1.54) is 38.5 Å². The number of carboxylic acid groups (broad SMARTS) is 2. The predicted molar refractivity (Wildman–Crippen MR) is 83.7 cm³/mol. The van der Waals surface area contributed by atoms with Gasteiger partial charge in [0.2, 0.25) is 5.91 Å². The average Bonchev–Trinajstić information content (AvgIpc) is 2.44. The van der Waals surface area contributed by atoms with Crippen LogP contribution in [0.4, 0.5) is 0 Å². The summed E-state index contributed by atoms with van der Waals surface area (Å²) in [6.45, 7) is 2.19. The lowest BCUT2D eigenvalue weighted by atomic mass is 10.1. The molecule has 6 heteroatoms. The number of carboxylic acids is 2. The fourth-order valence-electron chi connectivity index (χ4n) is 2.24. The molecule has 3 N–H and O–H groups in total. The summed E-state index contributed by atoms with van der Waals surface area (Å²) in [4.78, 5) is 32.9. The topological polar surface area (TPSA) is 104 Å². The minimum Gasteiger partial charge on any atom is -0.481 e. The van der Waals surface area contributed by atoms with Crippen LogP contribution in [0.15, 0.2) is 0 Å². The van der Waals surface area contributed by atoms with Crippen molar-refractivity contribution in [1.29, 1.82) is 0 Å². The molecule has 0 bridgehead atoms. The maximum Gasteiger partial charge on any atom is 0.326 e. The summed E-state index contributed by atoms with van der Waals surface area (Å²) in [5.41, 5.74) is 0. The Hall–Kier alpha value is -1.59. The van der Waals surface area contributed by atoms with Gasteiger partial charge in [-0.05, 0) is 6.42 Å². The minimum absolute atomic E-state index is 0.249. The third-order valence-electron chi connectivity index (χ3n) is 3.52. The van der Waals surface area contributed by atoms with Gasteiger partial charge in [0.25, 0.3) is 0 Å². The second kappa shape index (κ2) is 13.1. The van der Waals surface area contributed by atoms with Gasteiger partial charge in [0, 0.05) is 6.42 Å². The SMILES string of the molecule is CCCCCCCCCCCC(=O)N[C@@H](CC(=O)O)C(=O)O. The third kappa shape index (κ3) is 12.2. The number of aliphatic carboxylic acids is 2. The Labute approximate surface area is 132 Å². The van der Waals surface area contributed by atoms with Gasteiger partial charge in [0.1, 0.15) is 6.04 Å². The number of carbonyl (C=O) groups excluding carboxylic acids is 1. The van der Waals surface area contributed by atoms with Gasteiger partial charge in [-0.3, -0.25) is 9.59 Å². The number of amides is 1.